The van der Waals surface area contributed by atoms with Crippen LogP contribution in [0, 0.1) is 0 Å². The molecule has 3 rings (SSSR count). The summed E-state index contributed by atoms with van der Waals surface area (Å²) in [5.41, 5.74) is 1.98. The Hall–Kier alpha value is -3.33. The number of ether oxygens (including phenoxy) is 2. The average Bonchev–Trinajstić information content (AvgIpc) is 3.20. The highest BCUT2D eigenvalue weighted by Crippen LogP contribution is 2.17. The number of hydrogen-bond donors (Lipinski definition) is 2. The zero-order valence-electron chi connectivity index (χ0n) is 17.5. The highest BCUT2D eigenvalue weighted by atomic mass is 32.2. The van der Waals surface area contributed by atoms with Crippen LogP contribution >= 0.6 is 11.8 Å². The van der Waals surface area contributed by atoms with E-state index < -0.39 is 5.97 Å². The Labute approximate surface area is 184 Å². The van der Waals surface area contributed by atoms with Crippen molar-refractivity contribution in [2.75, 3.05) is 18.2 Å². The van der Waals surface area contributed by atoms with Crippen LogP contribution < -0.4 is 10.1 Å². The van der Waals surface area contributed by atoms with Crippen LogP contribution in [0.4, 0.5) is 5.69 Å². The van der Waals surface area contributed by atoms with Crippen LogP contribution in [0.15, 0.2) is 53.7 Å². The number of benzene rings is 2. The molecule has 0 atom stereocenters. The summed E-state index contributed by atoms with van der Waals surface area (Å²) in [5, 5.41) is 10.3. The Morgan fingerprint density at radius 3 is 2.65 bits per heavy atom. The molecule has 0 unspecified atom stereocenters. The van der Waals surface area contributed by atoms with Crippen molar-refractivity contribution in [2.24, 2.45) is 0 Å². The molecule has 162 valence electrons. The lowest BCUT2D eigenvalue weighted by molar-refractivity contribution is -0.113. The minimum absolute atomic E-state index is 0.139. The van der Waals surface area contributed by atoms with E-state index in [2.05, 4.69) is 20.5 Å². The zero-order valence-corrected chi connectivity index (χ0v) is 18.4. The third-order valence-electron chi connectivity index (χ3n) is 4.10. The van der Waals surface area contributed by atoms with Crippen molar-refractivity contribution in [1.82, 2.24) is 15.2 Å². The fraction of sp³-hybridized carbons (Fsp3) is 0.273. The van der Waals surface area contributed by atoms with Crippen molar-refractivity contribution in [3.05, 3.63) is 65.5 Å². The number of nitrogens with one attached hydrogen (secondary N) is 2. The number of aromatic nitrogens is 3. The number of rotatable bonds is 9. The van der Waals surface area contributed by atoms with Gasteiger partial charge in [-0.1, -0.05) is 30.0 Å². The second-order valence-corrected chi connectivity index (χ2v) is 7.90. The maximum Gasteiger partial charge on any atom is 0.338 e. The molecule has 0 bridgehead atoms. The first-order valence-corrected chi connectivity index (χ1v) is 10.7. The predicted molar refractivity (Wildman–Crippen MR) is 119 cm³/mol. The molecule has 3 aromatic rings. The van der Waals surface area contributed by atoms with E-state index in [1.54, 1.807) is 45.2 Å². The molecular weight excluding hydrogens is 416 g/mol. The molecule has 1 heterocycles. The van der Waals surface area contributed by atoms with E-state index >= 15 is 0 Å². The van der Waals surface area contributed by atoms with Crippen molar-refractivity contribution in [3.8, 4) is 5.75 Å². The molecule has 31 heavy (non-hydrogen) atoms. The highest BCUT2D eigenvalue weighted by molar-refractivity contribution is 7.99. The van der Waals surface area contributed by atoms with Gasteiger partial charge in [0, 0.05) is 12.1 Å². The molecule has 0 spiro atoms. The minimum Gasteiger partial charge on any atom is -0.497 e. The summed E-state index contributed by atoms with van der Waals surface area (Å²) in [6.45, 7) is 3.57. The van der Waals surface area contributed by atoms with E-state index in [9.17, 15) is 9.59 Å². The van der Waals surface area contributed by atoms with Crippen molar-refractivity contribution < 1.29 is 19.1 Å². The number of carbonyl (C=O) groups excluding carboxylic acids is 2. The molecule has 1 aromatic heterocycles. The SMILES string of the molecule is COc1ccc(Cc2nc(SCC(=O)Nc3cccc(C(=O)OC(C)C)c3)n[nH]2)cc1. The van der Waals surface area contributed by atoms with Gasteiger partial charge in [-0.25, -0.2) is 9.78 Å². The summed E-state index contributed by atoms with van der Waals surface area (Å²) >= 11 is 1.23. The minimum atomic E-state index is -0.425. The molecule has 0 aliphatic rings. The maximum atomic E-state index is 12.3. The van der Waals surface area contributed by atoms with Gasteiger partial charge in [-0.15, -0.1) is 5.10 Å². The summed E-state index contributed by atoms with van der Waals surface area (Å²) in [4.78, 5) is 28.7. The first-order valence-electron chi connectivity index (χ1n) is 9.71. The zero-order chi connectivity index (χ0) is 22.2. The number of amides is 1. The monoisotopic (exact) mass is 440 g/mol. The molecule has 9 heteroatoms. The van der Waals surface area contributed by atoms with Crippen LogP contribution in [0.25, 0.3) is 0 Å². The van der Waals surface area contributed by atoms with Crippen LogP contribution in [0.1, 0.15) is 35.6 Å². The summed E-state index contributed by atoms with van der Waals surface area (Å²) in [5.74, 6) is 1.00. The smallest absolute Gasteiger partial charge is 0.338 e. The molecule has 0 saturated carbocycles. The van der Waals surface area contributed by atoms with E-state index in [4.69, 9.17) is 9.47 Å². The van der Waals surface area contributed by atoms with Crippen molar-refractivity contribution >= 4 is 29.3 Å². The summed E-state index contributed by atoms with van der Waals surface area (Å²) in [7, 11) is 1.63. The Morgan fingerprint density at radius 2 is 1.94 bits per heavy atom. The van der Waals surface area contributed by atoms with Gasteiger partial charge in [0.2, 0.25) is 11.1 Å². The van der Waals surface area contributed by atoms with E-state index in [-0.39, 0.29) is 17.8 Å². The number of aromatic amines is 1. The number of thioether (sulfide) groups is 1. The number of H-pyrrole nitrogens is 1. The van der Waals surface area contributed by atoms with Crippen LogP contribution in [-0.4, -0.2) is 46.0 Å². The van der Waals surface area contributed by atoms with Crippen LogP contribution in [0.2, 0.25) is 0 Å². The third kappa shape index (κ3) is 6.85. The Kier molecular flexibility index (Phi) is 7.66. The van der Waals surface area contributed by atoms with Crippen molar-refractivity contribution in [1.29, 1.82) is 0 Å². The number of methoxy groups -OCH3 is 1. The van der Waals surface area contributed by atoms with Crippen LogP contribution in [0.5, 0.6) is 5.75 Å². The summed E-state index contributed by atoms with van der Waals surface area (Å²) in [6, 6.07) is 14.4. The Morgan fingerprint density at radius 1 is 1.16 bits per heavy atom. The van der Waals surface area contributed by atoms with Gasteiger partial charge in [0.15, 0.2) is 0 Å². The van der Waals surface area contributed by atoms with E-state index in [0.29, 0.717) is 28.7 Å². The van der Waals surface area contributed by atoms with Crippen molar-refractivity contribution in [2.45, 2.75) is 31.5 Å². The van der Waals surface area contributed by atoms with Gasteiger partial charge < -0.3 is 14.8 Å². The Bertz CT molecular complexity index is 1030. The van der Waals surface area contributed by atoms with Gasteiger partial charge in [-0.2, -0.15) is 0 Å². The summed E-state index contributed by atoms with van der Waals surface area (Å²) in [6.07, 6.45) is 0.390. The summed E-state index contributed by atoms with van der Waals surface area (Å²) < 4.78 is 10.3. The lowest BCUT2D eigenvalue weighted by Gasteiger charge is -2.09. The molecule has 0 aliphatic carbocycles. The van der Waals surface area contributed by atoms with E-state index in [0.717, 1.165) is 11.3 Å². The molecule has 0 radical (unpaired) electrons. The van der Waals surface area contributed by atoms with Crippen LogP contribution in [0.3, 0.4) is 0 Å². The van der Waals surface area contributed by atoms with Gasteiger partial charge in [-0.3, -0.25) is 9.89 Å². The quantitative estimate of drug-likeness (QED) is 0.386. The fourth-order valence-electron chi connectivity index (χ4n) is 2.69. The van der Waals surface area contributed by atoms with Gasteiger partial charge in [0.25, 0.3) is 0 Å². The first kappa shape index (κ1) is 22.4. The molecular formula is C22H24N4O4S. The topological polar surface area (TPSA) is 106 Å². The maximum absolute atomic E-state index is 12.3. The molecule has 0 aliphatic heterocycles. The Balaban J connectivity index is 1.50. The molecule has 0 fully saturated rings. The number of anilines is 1. The van der Waals surface area contributed by atoms with Gasteiger partial charge >= 0.3 is 5.97 Å². The number of hydrogen-bond acceptors (Lipinski definition) is 7. The second-order valence-electron chi connectivity index (χ2n) is 6.96. The lowest BCUT2D eigenvalue weighted by Crippen LogP contribution is -2.15. The largest absolute Gasteiger partial charge is 0.497 e. The number of carbonyl (C=O) groups is 2. The van der Waals surface area contributed by atoms with Gasteiger partial charge in [-0.05, 0) is 49.7 Å². The molecule has 1 amide bonds. The number of esters is 1. The highest BCUT2D eigenvalue weighted by Gasteiger charge is 2.12. The fourth-order valence-corrected chi connectivity index (χ4v) is 3.31. The molecule has 0 saturated heterocycles. The molecule has 2 aromatic carbocycles. The van der Waals surface area contributed by atoms with Gasteiger partial charge in [0.05, 0.1) is 24.5 Å². The molecule has 8 nitrogen and oxygen atoms in total. The lowest BCUT2D eigenvalue weighted by atomic mass is 10.1. The second kappa shape index (κ2) is 10.6. The van der Waals surface area contributed by atoms with E-state index in [1.807, 2.05) is 24.3 Å². The molecule has 2 N–H and O–H groups in total. The normalized spacial score (nSPS) is 10.7. The average molecular weight is 441 g/mol. The van der Waals surface area contributed by atoms with Crippen molar-refractivity contribution in [3.63, 3.8) is 0 Å². The predicted octanol–water partition coefficient (Wildman–Crippen LogP) is 3.70. The van der Waals surface area contributed by atoms with Crippen LogP contribution in [-0.2, 0) is 16.0 Å². The standard InChI is InChI=1S/C22H24N4O4S/c1-14(2)30-21(28)16-5-4-6-17(12-16)23-20(27)13-31-22-24-19(25-26-22)11-15-7-9-18(29-3)10-8-15/h4-10,12,14H,11,13H2,1-3H3,(H,23,27)(H,24,25,26). The third-order valence-corrected chi connectivity index (χ3v) is 4.95. The number of nitrogens with zero attached hydrogens (tertiary/aromatic N) is 2. The van der Waals surface area contributed by atoms with E-state index in [1.165, 1.54) is 11.8 Å². The first-order chi connectivity index (χ1) is 14.9. The van der Waals surface area contributed by atoms with Gasteiger partial charge in [0.1, 0.15) is 11.6 Å².